The molecule has 1 saturated carbocycles. The van der Waals surface area contributed by atoms with Crippen molar-refractivity contribution in [3.05, 3.63) is 12.4 Å². The average molecular weight is 558 g/mol. The molecule has 222 valence electrons. The number of amides is 2. The van der Waals surface area contributed by atoms with E-state index in [4.69, 9.17) is 24.0 Å². The maximum absolute atomic E-state index is 13.5. The molecule has 4 rings (SSSR count). The van der Waals surface area contributed by atoms with Crippen LogP contribution in [0.1, 0.15) is 88.0 Å². The van der Waals surface area contributed by atoms with E-state index in [1.54, 1.807) is 0 Å². The second kappa shape index (κ2) is 11.5. The van der Waals surface area contributed by atoms with Crippen molar-refractivity contribution < 1.29 is 23.6 Å². The topological polar surface area (TPSA) is 106 Å². The van der Waals surface area contributed by atoms with Gasteiger partial charge in [-0.05, 0) is 86.0 Å². The largest absolute Gasteiger partial charge is 0.498 e. The number of carbonyl (C=O) groups excluding carboxylic acids is 2. The summed E-state index contributed by atoms with van der Waals surface area (Å²) >= 11 is 0. The number of alkyl carbamates (subject to hydrolysis) is 1. The van der Waals surface area contributed by atoms with Crippen LogP contribution in [0.3, 0.4) is 0 Å². The molecule has 1 aromatic rings. The predicted molar refractivity (Wildman–Crippen MR) is 155 cm³/mol. The Morgan fingerprint density at radius 2 is 1.73 bits per heavy atom. The minimum atomic E-state index is -0.626. The normalized spacial score (nSPS) is 23.2. The molecule has 1 aliphatic carbocycles. The zero-order chi connectivity index (χ0) is 29.5. The van der Waals surface area contributed by atoms with Gasteiger partial charge in [-0.3, -0.25) is 4.79 Å². The molecule has 2 atom stereocenters. The first-order valence-electron chi connectivity index (χ1n) is 14.8. The molecule has 0 aromatic carbocycles. The van der Waals surface area contributed by atoms with Crippen LogP contribution in [0.4, 0.5) is 10.7 Å². The van der Waals surface area contributed by atoms with Gasteiger partial charge in [0.25, 0.3) is 0 Å². The van der Waals surface area contributed by atoms with Crippen molar-refractivity contribution in [3.8, 4) is 0 Å². The average Bonchev–Trinajstić information content (AvgIpc) is 3.66. The Morgan fingerprint density at radius 3 is 2.25 bits per heavy atom. The van der Waals surface area contributed by atoms with Gasteiger partial charge in [0.1, 0.15) is 11.6 Å². The lowest BCUT2D eigenvalue weighted by atomic mass is 9.81. The molecule has 10 nitrogen and oxygen atoms in total. The lowest BCUT2D eigenvalue weighted by Crippen LogP contribution is -2.55. The number of aromatic nitrogens is 2. The lowest BCUT2D eigenvalue weighted by Gasteiger charge is -2.38. The van der Waals surface area contributed by atoms with Crippen molar-refractivity contribution in [2.45, 2.75) is 117 Å². The van der Waals surface area contributed by atoms with E-state index in [2.05, 4.69) is 10.2 Å². The Balaban J connectivity index is 1.39. The Kier molecular flexibility index (Phi) is 8.76. The van der Waals surface area contributed by atoms with Crippen LogP contribution in [0.15, 0.2) is 12.4 Å². The summed E-state index contributed by atoms with van der Waals surface area (Å²) in [7, 11) is -0.491. The van der Waals surface area contributed by atoms with Crippen LogP contribution < -0.4 is 15.7 Å². The summed E-state index contributed by atoms with van der Waals surface area (Å²) in [5, 5.41) is 2.81. The maximum Gasteiger partial charge on any atom is 0.498 e. The van der Waals surface area contributed by atoms with Crippen molar-refractivity contribution in [2.24, 2.45) is 11.8 Å². The summed E-state index contributed by atoms with van der Waals surface area (Å²) in [4.78, 5) is 39.6. The van der Waals surface area contributed by atoms with Gasteiger partial charge in [0, 0.05) is 43.5 Å². The van der Waals surface area contributed by atoms with Gasteiger partial charge in [0.05, 0.1) is 11.2 Å². The van der Waals surface area contributed by atoms with Crippen LogP contribution in [-0.2, 0) is 18.8 Å². The van der Waals surface area contributed by atoms with Crippen molar-refractivity contribution in [1.29, 1.82) is 0 Å². The molecule has 3 aliphatic rings. The minimum absolute atomic E-state index is 0.0495. The van der Waals surface area contributed by atoms with E-state index in [0.717, 1.165) is 37.7 Å². The van der Waals surface area contributed by atoms with Gasteiger partial charge in [-0.15, -0.1) is 0 Å². The number of anilines is 1. The molecule has 1 aromatic heterocycles. The van der Waals surface area contributed by atoms with Crippen LogP contribution >= 0.6 is 0 Å². The molecule has 2 saturated heterocycles. The van der Waals surface area contributed by atoms with Gasteiger partial charge < -0.3 is 29.2 Å². The van der Waals surface area contributed by atoms with E-state index in [-0.39, 0.29) is 11.8 Å². The monoisotopic (exact) mass is 557 g/mol. The summed E-state index contributed by atoms with van der Waals surface area (Å²) in [5.41, 5.74) is -0.651. The molecular formula is C29H48BN5O5. The second-order valence-corrected chi connectivity index (χ2v) is 13.9. The number of rotatable bonds is 8. The Hall–Kier alpha value is -2.40. The molecule has 3 heterocycles. The maximum atomic E-state index is 13.5. The highest BCUT2D eigenvalue weighted by molar-refractivity contribution is 6.61. The highest BCUT2D eigenvalue weighted by Gasteiger charge is 2.52. The summed E-state index contributed by atoms with van der Waals surface area (Å²) in [6.07, 6.45) is 7.26. The summed E-state index contributed by atoms with van der Waals surface area (Å²) in [6.45, 7) is 19.6. The molecule has 2 amide bonds. The van der Waals surface area contributed by atoms with Crippen LogP contribution in [0.25, 0.3) is 0 Å². The number of hydrogen-bond acceptors (Lipinski definition) is 8. The first-order chi connectivity index (χ1) is 18.6. The fourth-order valence-corrected chi connectivity index (χ4v) is 5.20. The van der Waals surface area contributed by atoms with E-state index < -0.39 is 36.1 Å². The number of nitrogens with zero attached hydrogens (tertiary/aromatic N) is 4. The number of carbonyl (C=O) groups is 2. The third kappa shape index (κ3) is 7.27. The number of ether oxygens (including phenoxy) is 1. The fourth-order valence-electron chi connectivity index (χ4n) is 5.20. The zero-order valence-electron chi connectivity index (χ0n) is 25.8. The van der Waals surface area contributed by atoms with Crippen LogP contribution in [0.2, 0.25) is 0 Å². The van der Waals surface area contributed by atoms with E-state index in [9.17, 15) is 9.59 Å². The Labute approximate surface area is 240 Å². The number of likely N-dealkylation sites (tertiary alicyclic amines) is 1. The van der Waals surface area contributed by atoms with Crippen molar-refractivity contribution in [1.82, 2.24) is 20.2 Å². The van der Waals surface area contributed by atoms with Crippen molar-refractivity contribution in [2.75, 3.05) is 24.5 Å². The molecule has 1 N–H and O–H groups in total. The highest BCUT2D eigenvalue weighted by Crippen LogP contribution is 2.36. The first kappa shape index (κ1) is 30.6. The molecule has 3 fully saturated rings. The Bertz CT molecular complexity index is 1040. The van der Waals surface area contributed by atoms with E-state index in [1.165, 1.54) is 0 Å². The smallest absolute Gasteiger partial charge is 0.444 e. The SMILES string of the molecule is CC(C)[C@@H](NC(=O)OC(C)(C)C)C(=O)N1CCC[C@H](CN(c2ncc(B3OC(C)(C)C(C)(C)O3)cn2)C2CC2)C1. The molecule has 0 unspecified atom stereocenters. The lowest BCUT2D eigenvalue weighted by molar-refractivity contribution is -0.136. The minimum Gasteiger partial charge on any atom is -0.444 e. The molecular weight excluding hydrogens is 509 g/mol. The predicted octanol–water partition coefficient (Wildman–Crippen LogP) is 3.53. The molecule has 0 spiro atoms. The molecule has 11 heteroatoms. The van der Waals surface area contributed by atoms with Gasteiger partial charge in [-0.1, -0.05) is 13.8 Å². The van der Waals surface area contributed by atoms with Crippen molar-refractivity contribution in [3.63, 3.8) is 0 Å². The van der Waals surface area contributed by atoms with Gasteiger partial charge in [0.2, 0.25) is 11.9 Å². The standard InChI is InChI=1S/C29H48BN5O5/c1-19(2)23(33-26(37)38-27(3,4)5)24(36)34-14-10-11-20(17-34)18-35(22-12-13-22)25-31-15-21(16-32-25)30-39-28(6,7)29(8,9)40-30/h15-16,19-20,22-23H,10-14,17-18H2,1-9H3,(H,33,37)/t20-,23+/m0/s1. The number of piperidine rings is 1. The van der Waals surface area contributed by atoms with Crippen LogP contribution in [0.5, 0.6) is 0 Å². The van der Waals surface area contributed by atoms with Gasteiger partial charge in [-0.25, -0.2) is 14.8 Å². The molecule has 0 radical (unpaired) electrons. The zero-order valence-corrected chi connectivity index (χ0v) is 25.8. The van der Waals surface area contributed by atoms with Gasteiger partial charge >= 0.3 is 13.2 Å². The highest BCUT2D eigenvalue weighted by atomic mass is 16.7. The summed E-state index contributed by atoms with van der Waals surface area (Å²) in [5.74, 6) is 0.891. The molecule has 40 heavy (non-hydrogen) atoms. The van der Waals surface area contributed by atoms with E-state index in [0.29, 0.717) is 31.0 Å². The van der Waals surface area contributed by atoms with E-state index in [1.807, 2.05) is 79.6 Å². The van der Waals surface area contributed by atoms with Crippen molar-refractivity contribution >= 4 is 30.5 Å². The van der Waals surface area contributed by atoms with Crippen LogP contribution in [-0.4, -0.2) is 82.5 Å². The van der Waals surface area contributed by atoms with Gasteiger partial charge in [-0.2, -0.15) is 0 Å². The number of hydrogen-bond donors (Lipinski definition) is 1. The molecule has 0 bridgehead atoms. The fraction of sp³-hybridized carbons (Fsp3) is 0.793. The van der Waals surface area contributed by atoms with Crippen LogP contribution in [0, 0.1) is 11.8 Å². The third-order valence-corrected chi connectivity index (χ3v) is 8.32. The molecule has 2 aliphatic heterocycles. The Morgan fingerprint density at radius 1 is 1.12 bits per heavy atom. The quantitative estimate of drug-likeness (QED) is 0.484. The number of nitrogens with one attached hydrogen (secondary N) is 1. The van der Waals surface area contributed by atoms with E-state index >= 15 is 0 Å². The summed E-state index contributed by atoms with van der Waals surface area (Å²) in [6, 6.07) is -0.204. The van der Waals surface area contributed by atoms with Gasteiger partial charge in [0.15, 0.2) is 0 Å². The summed E-state index contributed by atoms with van der Waals surface area (Å²) < 4.78 is 17.7. The first-order valence-corrected chi connectivity index (χ1v) is 14.8. The second-order valence-electron chi connectivity index (χ2n) is 13.9. The third-order valence-electron chi connectivity index (χ3n) is 8.32.